The Morgan fingerprint density at radius 2 is 2.04 bits per heavy atom. The second kappa shape index (κ2) is 6.39. The van der Waals surface area contributed by atoms with Crippen molar-refractivity contribution < 1.29 is 19.1 Å². The Morgan fingerprint density at radius 1 is 1.28 bits per heavy atom. The Bertz CT molecular complexity index is 955. The summed E-state index contributed by atoms with van der Waals surface area (Å²) >= 11 is 0. The van der Waals surface area contributed by atoms with Gasteiger partial charge in [0.05, 0.1) is 23.9 Å². The van der Waals surface area contributed by atoms with E-state index in [2.05, 4.69) is 0 Å². The van der Waals surface area contributed by atoms with Crippen LogP contribution in [0.3, 0.4) is 0 Å². The predicted molar refractivity (Wildman–Crippen MR) is 91.7 cm³/mol. The highest BCUT2D eigenvalue weighted by Gasteiger charge is 2.30. The molecule has 0 spiro atoms. The molecular formula is C19H17NO5. The fraction of sp³-hybridized carbons (Fsp3) is 0.211. The molecule has 6 nitrogen and oxygen atoms in total. The van der Waals surface area contributed by atoms with E-state index in [1.165, 1.54) is 17.7 Å². The summed E-state index contributed by atoms with van der Waals surface area (Å²) < 4.78 is 12.0. The van der Waals surface area contributed by atoms with Crippen LogP contribution in [0.25, 0.3) is 5.70 Å². The topological polar surface area (TPSA) is 74.6 Å². The SMILES string of the molecule is COC(=O)c1ccc2c(c1C)C(n1ccccc1=O)=C(C=O)C(C)O2. The third-order valence-corrected chi connectivity index (χ3v) is 4.27. The normalized spacial score (nSPS) is 16.0. The maximum atomic E-state index is 12.4. The molecule has 3 rings (SSSR count). The van der Waals surface area contributed by atoms with Crippen molar-refractivity contribution in [1.29, 1.82) is 0 Å². The summed E-state index contributed by atoms with van der Waals surface area (Å²) in [5, 5.41) is 0. The van der Waals surface area contributed by atoms with Gasteiger partial charge in [-0.05, 0) is 37.6 Å². The minimum atomic E-state index is -0.518. The number of carbonyl (C=O) groups excluding carboxylic acids is 2. The number of ether oxygens (including phenoxy) is 2. The Balaban J connectivity index is 2.40. The number of carbonyl (C=O) groups is 2. The van der Waals surface area contributed by atoms with E-state index in [0.717, 1.165) is 0 Å². The first kappa shape index (κ1) is 16.7. The van der Waals surface area contributed by atoms with E-state index in [-0.39, 0.29) is 5.56 Å². The summed E-state index contributed by atoms with van der Waals surface area (Å²) in [4.78, 5) is 36.1. The molecule has 1 aliphatic heterocycles. The van der Waals surface area contributed by atoms with E-state index < -0.39 is 12.1 Å². The van der Waals surface area contributed by atoms with Crippen LogP contribution in [-0.2, 0) is 9.53 Å². The lowest BCUT2D eigenvalue weighted by Gasteiger charge is -2.29. The molecule has 0 saturated heterocycles. The van der Waals surface area contributed by atoms with Gasteiger partial charge in [0.1, 0.15) is 11.9 Å². The molecule has 25 heavy (non-hydrogen) atoms. The molecule has 0 aliphatic carbocycles. The van der Waals surface area contributed by atoms with Gasteiger partial charge in [-0.1, -0.05) is 6.07 Å². The number of pyridine rings is 1. The summed E-state index contributed by atoms with van der Waals surface area (Å²) in [5.74, 6) is 0.0142. The molecule has 0 bridgehead atoms. The first-order valence-electron chi connectivity index (χ1n) is 7.76. The van der Waals surface area contributed by atoms with Crippen molar-refractivity contribution in [1.82, 2.24) is 4.57 Å². The monoisotopic (exact) mass is 339 g/mol. The highest BCUT2D eigenvalue weighted by atomic mass is 16.5. The molecule has 0 radical (unpaired) electrons. The highest BCUT2D eigenvalue weighted by Crippen LogP contribution is 2.39. The van der Waals surface area contributed by atoms with Crippen molar-refractivity contribution in [3.63, 3.8) is 0 Å². The van der Waals surface area contributed by atoms with Gasteiger partial charge in [0.2, 0.25) is 0 Å². The van der Waals surface area contributed by atoms with E-state index in [9.17, 15) is 14.4 Å². The molecule has 1 aromatic heterocycles. The first-order valence-corrected chi connectivity index (χ1v) is 7.76. The van der Waals surface area contributed by atoms with Gasteiger partial charge < -0.3 is 9.47 Å². The molecule has 128 valence electrons. The summed E-state index contributed by atoms with van der Waals surface area (Å²) in [7, 11) is 1.30. The van der Waals surface area contributed by atoms with Gasteiger partial charge in [-0.25, -0.2) is 4.79 Å². The number of rotatable bonds is 3. The zero-order valence-corrected chi connectivity index (χ0v) is 14.1. The van der Waals surface area contributed by atoms with Gasteiger partial charge in [-0.3, -0.25) is 14.2 Å². The zero-order valence-electron chi connectivity index (χ0n) is 14.1. The van der Waals surface area contributed by atoms with E-state index in [4.69, 9.17) is 9.47 Å². The first-order chi connectivity index (χ1) is 12.0. The number of benzene rings is 1. The lowest BCUT2D eigenvalue weighted by molar-refractivity contribution is -0.105. The van der Waals surface area contributed by atoms with Crippen molar-refractivity contribution in [3.05, 3.63) is 69.1 Å². The number of hydrogen-bond acceptors (Lipinski definition) is 5. The summed E-state index contributed by atoms with van der Waals surface area (Å²) in [6.07, 6.45) is 1.76. The highest BCUT2D eigenvalue weighted by molar-refractivity contribution is 5.97. The maximum absolute atomic E-state index is 12.4. The molecule has 0 saturated carbocycles. The van der Waals surface area contributed by atoms with Gasteiger partial charge in [0.25, 0.3) is 5.56 Å². The van der Waals surface area contributed by atoms with Gasteiger partial charge in [-0.15, -0.1) is 0 Å². The molecular weight excluding hydrogens is 322 g/mol. The molecule has 1 atom stereocenters. The molecule has 2 heterocycles. The van der Waals surface area contributed by atoms with E-state index >= 15 is 0 Å². The van der Waals surface area contributed by atoms with Crippen LogP contribution in [-0.4, -0.2) is 30.0 Å². The van der Waals surface area contributed by atoms with Crippen molar-refractivity contribution in [2.24, 2.45) is 0 Å². The number of aldehydes is 1. The summed E-state index contributed by atoms with van der Waals surface area (Å²) in [6.45, 7) is 3.48. The number of fused-ring (bicyclic) bond motifs is 1. The maximum Gasteiger partial charge on any atom is 0.338 e. The van der Waals surface area contributed by atoms with Crippen LogP contribution in [0.4, 0.5) is 0 Å². The quantitative estimate of drug-likeness (QED) is 0.633. The number of aromatic nitrogens is 1. The van der Waals surface area contributed by atoms with E-state index in [0.29, 0.717) is 40.0 Å². The third kappa shape index (κ3) is 2.65. The van der Waals surface area contributed by atoms with Crippen molar-refractivity contribution >= 4 is 18.0 Å². The third-order valence-electron chi connectivity index (χ3n) is 4.27. The van der Waals surface area contributed by atoms with Crippen LogP contribution in [0, 0.1) is 6.92 Å². The van der Waals surface area contributed by atoms with Crippen LogP contribution in [0.5, 0.6) is 5.75 Å². The van der Waals surface area contributed by atoms with Crippen LogP contribution < -0.4 is 10.3 Å². The lowest BCUT2D eigenvalue weighted by Crippen LogP contribution is -2.29. The number of hydrogen-bond donors (Lipinski definition) is 0. The number of esters is 1. The number of methoxy groups -OCH3 is 1. The molecule has 2 aromatic rings. The van der Waals surface area contributed by atoms with Crippen LogP contribution >= 0.6 is 0 Å². The van der Waals surface area contributed by atoms with Crippen LogP contribution in [0.15, 0.2) is 46.9 Å². The van der Waals surface area contributed by atoms with Gasteiger partial charge in [-0.2, -0.15) is 0 Å². The van der Waals surface area contributed by atoms with Gasteiger partial charge >= 0.3 is 5.97 Å². The summed E-state index contributed by atoms with van der Waals surface area (Å²) in [5.41, 5.74) is 1.96. The van der Waals surface area contributed by atoms with Crippen LogP contribution in [0.1, 0.15) is 28.4 Å². The van der Waals surface area contributed by atoms with Crippen molar-refractivity contribution in [2.75, 3.05) is 7.11 Å². The predicted octanol–water partition coefficient (Wildman–Crippen LogP) is 2.18. The standard InChI is InChI=1S/C19H17NO5/c1-11-13(19(23)24-3)7-8-15-17(11)18(14(10-21)12(2)25-15)20-9-5-4-6-16(20)22/h4-10,12H,1-3H3. The fourth-order valence-corrected chi connectivity index (χ4v) is 3.02. The molecule has 1 aromatic carbocycles. The zero-order chi connectivity index (χ0) is 18.1. The van der Waals surface area contributed by atoms with E-state index in [1.807, 2.05) is 0 Å². The van der Waals surface area contributed by atoms with Gasteiger partial charge in [0, 0.05) is 17.8 Å². The molecule has 0 amide bonds. The molecule has 0 N–H and O–H groups in total. The van der Waals surface area contributed by atoms with Gasteiger partial charge in [0.15, 0.2) is 6.29 Å². The minimum Gasteiger partial charge on any atom is -0.485 e. The Labute approximate surface area is 144 Å². The van der Waals surface area contributed by atoms with Crippen molar-refractivity contribution in [2.45, 2.75) is 20.0 Å². The average molecular weight is 339 g/mol. The minimum absolute atomic E-state index is 0.278. The van der Waals surface area contributed by atoms with Crippen LogP contribution in [0.2, 0.25) is 0 Å². The second-order valence-corrected chi connectivity index (χ2v) is 5.69. The largest absolute Gasteiger partial charge is 0.485 e. The Kier molecular flexibility index (Phi) is 4.27. The number of nitrogens with zero attached hydrogens (tertiary/aromatic N) is 1. The lowest BCUT2D eigenvalue weighted by atomic mass is 9.92. The molecule has 0 fully saturated rings. The second-order valence-electron chi connectivity index (χ2n) is 5.69. The summed E-state index contributed by atoms with van der Waals surface area (Å²) in [6, 6.07) is 8.01. The Hall–Kier alpha value is -3.15. The van der Waals surface area contributed by atoms with E-state index in [1.54, 1.807) is 44.3 Å². The molecule has 1 unspecified atom stereocenters. The molecule has 6 heteroatoms. The Morgan fingerprint density at radius 3 is 2.68 bits per heavy atom. The van der Waals surface area contributed by atoms with Crippen molar-refractivity contribution in [3.8, 4) is 5.75 Å². The smallest absolute Gasteiger partial charge is 0.338 e. The molecule has 1 aliphatic rings. The fourth-order valence-electron chi connectivity index (χ4n) is 3.02. The average Bonchev–Trinajstić information content (AvgIpc) is 2.61.